The molecule has 2 heterocycles. The van der Waals surface area contributed by atoms with Crippen LogP contribution in [0, 0.1) is 6.92 Å². The van der Waals surface area contributed by atoms with Crippen LogP contribution in [0.15, 0.2) is 24.3 Å². The van der Waals surface area contributed by atoms with Crippen LogP contribution in [0.3, 0.4) is 0 Å². The van der Waals surface area contributed by atoms with Gasteiger partial charge in [-0.2, -0.15) is 0 Å². The van der Waals surface area contributed by atoms with E-state index >= 15 is 0 Å². The summed E-state index contributed by atoms with van der Waals surface area (Å²) < 4.78 is 0. The van der Waals surface area contributed by atoms with Gasteiger partial charge in [0.15, 0.2) is 0 Å². The third-order valence-electron chi connectivity index (χ3n) is 4.06. The number of carbonyl (C=O) groups excluding carboxylic acids is 2. The van der Waals surface area contributed by atoms with Crippen LogP contribution >= 0.6 is 0 Å². The smallest absolute Gasteiger partial charge is 0.277 e. The minimum atomic E-state index is -0.475. The number of nitrogens with two attached hydrogens (primary N) is 1. The SMILES string of the molecule is CNc1nc(C)cc(C(=O)N2CCCc3c(C(N)=O)cccc32)n1. The fourth-order valence-corrected chi connectivity index (χ4v) is 2.99. The Morgan fingerprint density at radius 2 is 2.08 bits per heavy atom. The van der Waals surface area contributed by atoms with Gasteiger partial charge >= 0.3 is 0 Å². The lowest BCUT2D eigenvalue weighted by Gasteiger charge is -2.30. The number of nitrogens with zero attached hydrogens (tertiary/aromatic N) is 3. The fraction of sp³-hybridized carbons (Fsp3) is 0.294. The lowest BCUT2D eigenvalue weighted by atomic mass is 9.95. The van der Waals surface area contributed by atoms with Crippen molar-refractivity contribution >= 4 is 23.5 Å². The zero-order valence-corrected chi connectivity index (χ0v) is 13.7. The third-order valence-corrected chi connectivity index (χ3v) is 4.06. The van der Waals surface area contributed by atoms with Crippen molar-refractivity contribution in [2.75, 3.05) is 23.8 Å². The molecule has 0 atom stereocenters. The lowest BCUT2D eigenvalue weighted by molar-refractivity contribution is 0.0973. The summed E-state index contributed by atoms with van der Waals surface area (Å²) in [7, 11) is 1.71. The van der Waals surface area contributed by atoms with E-state index in [1.165, 1.54) is 0 Å². The predicted octanol–water partition coefficient (Wildman–Crippen LogP) is 1.52. The number of aromatic nitrogens is 2. The second kappa shape index (κ2) is 6.27. The van der Waals surface area contributed by atoms with Gasteiger partial charge in [0.1, 0.15) is 5.69 Å². The summed E-state index contributed by atoms with van der Waals surface area (Å²) in [6.45, 7) is 2.39. The van der Waals surface area contributed by atoms with E-state index in [1.807, 2.05) is 13.0 Å². The van der Waals surface area contributed by atoms with Crippen LogP contribution in [0.25, 0.3) is 0 Å². The van der Waals surface area contributed by atoms with Crippen LogP contribution in [-0.4, -0.2) is 35.4 Å². The first kappa shape index (κ1) is 15.9. The summed E-state index contributed by atoms with van der Waals surface area (Å²) in [5.41, 5.74) is 8.51. The summed E-state index contributed by atoms with van der Waals surface area (Å²) in [4.78, 5) is 34.7. The van der Waals surface area contributed by atoms with Gasteiger partial charge in [-0.3, -0.25) is 9.59 Å². The number of benzene rings is 1. The number of fused-ring (bicyclic) bond motifs is 1. The molecule has 2 amide bonds. The average molecular weight is 325 g/mol. The highest BCUT2D eigenvalue weighted by atomic mass is 16.2. The van der Waals surface area contributed by atoms with E-state index in [2.05, 4.69) is 15.3 Å². The van der Waals surface area contributed by atoms with E-state index < -0.39 is 5.91 Å². The fourth-order valence-electron chi connectivity index (χ4n) is 2.99. The molecule has 0 saturated carbocycles. The van der Waals surface area contributed by atoms with Gasteiger partial charge in [0.2, 0.25) is 11.9 Å². The van der Waals surface area contributed by atoms with Crippen LogP contribution in [0.4, 0.5) is 11.6 Å². The number of amides is 2. The van der Waals surface area contributed by atoms with E-state index in [9.17, 15) is 9.59 Å². The number of nitrogens with one attached hydrogen (secondary N) is 1. The number of rotatable bonds is 3. The first-order valence-corrected chi connectivity index (χ1v) is 7.78. The molecule has 3 N–H and O–H groups in total. The number of anilines is 2. The minimum absolute atomic E-state index is 0.209. The average Bonchev–Trinajstić information content (AvgIpc) is 2.59. The van der Waals surface area contributed by atoms with Crippen molar-refractivity contribution in [3.63, 3.8) is 0 Å². The largest absolute Gasteiger partial charge is 0.366 e. The Balaban J connectivity index is 2.03. The van der Waals surface area contributed by atoms with Crippen LogP contribution in [0.2, 0.25) is 0 Å². The molecule has 0 bridgehead atoms. The molecule has 1 aliphatic rings. The monoisotopic (exact) mass is 325 g/mol. The normalized spacial score (nSPS) is 13.3. The Bertz CT molecular complexity index is 819. The third kappa shape index (κ3) is 2.80. The quantitative estimate of drug-likeness (QED) is 0.891. The number of primary amides is 1. The summed E-state index contributed by atoms with van der Waals surface area (Å²) in [6.07, 6.45) is 1.49. The molecule has 7 nitrogen and oxygen atoms in total. The lowest BCUT2D eigenvalue weighted by Crippen LogP contribution is -2.37. The van der Waals surface area contributed by atoms with Crippen LogP contribution in [0.1, 0.15) is 38.5 Å². The highest BCUT2D eigenvalue weighted by Gasteiger charge is 2.27. The molecule has 1 aromatic carbocycles. The molecule has 0 spiro atoms. The summed E-state index contributed by atoms with van der Waals surface area (Å²) >= 11 is 0. The molecule has 0 unspecified atom stereocenters. The Morgan fingerprint density at radius 1 is 1.29 bits per heavy atom. The Hall–Kier alpha value is -2.96. The highest BCUT2D eigenvalue weighted by molar-refractivity contribution is 6.07. The van der Waals surface area contributed by atoms with Gasteiger partial charge in [-0.25, -0.2) is 9.97 Å². The maximum absolute atomic E-state index is 13.0. The highest BCUT2D eigenvalue weighted by Crippen LogP contribution is 2.30. The van der Waals surface area contributed by atoms with Crippen LogP contribution < -0.4 is 16.0 Å². The van der Waals surface area contributed by atoms with Crippen LogP contribution in [0.5, 0.6) is 0 Å². The second-order valence-corrected chi connectivity index (χ2v) is 5.70. The van der Waals surface area contributed by atoms with Gasteiger partial charge in [0.25, 0.3) is 5.91 Å². The molecule has 7 heteroatoms. The van der Waals surface area contributed by atoms with Crippen molar-refractivity contribution in [2.45, 2.75) is 19.8 Å². The number of carbonyl (C=O) groups is 2. The second-order valence-electron chi connectivity index (χ2n) is 5.70. The van der Waals surface area contributed by atoms with Crippen molar-refractivity contribution in [3.8, 4) is 0 Å². The zero-order chi connectivity index (χ0) is 17.3. The van der Waals surface area contributed by atoms with E-state index in [0.717, 1.165) is 24.1 Å². The van der Waals surface area contributed by atoms with Crippen molar-refractivity contribution in [1.82, 2.24) is 9.97 Å². The van der Waals surface area contributed by atoms with Crippen molar-refractivity contribution < 1.29 is 9.59 Å². The molecular weight excluding hydrogens is 306 g/mol. The molecule has 24 heavy (non-hydrogen) atoms. The van der Waals surface area contributed by atoms with E-state index in [-0.39, 0.29) is 5.91 Å². The van der Waals surface area contributed by atoms with Gasteiger partial charge in [-0.05, 0) is 43.5 Å². The van der Waals surface area contributed by atoms with E-state index in [0.29, 0.717) is 29.4 Å². The van der Waals surface area contributed by atoms with Gasteiger partial charge in [0.05, 0.1) is 0 Å². The maximum Gasteiger partial charge on any atom is 0.277 e. The van der Waals surface area contributed by atoms with Gasteiger partial charge in [0, 0.05) is 30.5 Å². The molecule has 0 fully saturated rings. The molecule has 0 radical (unpaired) electrons. The Kier molecular flexibility index (Phi) is 4.16. The number of hydrogen-bond donors (Lipinski definition) is 2. The summed E-state index contributed by atoms with van der Waals surface area (Å²) in [5.74, 6) is -0.280. The molecule has 124 valence electrons. The zero-order valence-electron chi connectivity index (χ0n) is 13.7. The van der Waals surface area contributed by atoms with Gasteiger partial charge in [-0.15, -0.1) is 0 Å². The molecule has 0 aliphatic carbocycles. The first-order chi connectivity index (χ1) is 11.5. The van der Waals surface area contributed by atoms with E-state index in [1.54, 1.807) is 30.1 Å². The standard InChI is InChI=1S/C17H19N5O2/c1-10-9-13(21-17(19-2)20-10)16(24)22-8-4-6-11-12(15(18)23)5-3-7-14(11)22/h3,5,7,9H,4,6,8H2,1-2H3,(H2,18,23)(H,19,20,21). The predicted molar refractivity (Wildman–Crippen MR) is 91.3 cm³/mol. The first-order valence-electron chi connectivity index (χ1n) is 7.78. The summed E-state index contributed by atoms with van der Waals surface area (Å²) in [6, 6.07) is 6.94. The van der Waals surface area contributed by atoms with Crippen molar-refractivity contribution in [3.05, 3.63) is 46.8 Å². The van der Waals surface area contributed by atoms with Crippen LogP contribution in [-0.2, 0) is 6.42 Å². The number of hydrogen-bond acceptors (Lipinski definition) is 5. The maximum atomic E-state index is 13.0. The molecule has 1 aromatic heterocycles. The Labute approximate surface area is 139 Å². The minimum Gasteiger partial charge on any atom is -0.366 e. The Morgan fingerprint density at radius 3 is 2.79 bits per heavy atom. The van der Waals surface area contributed by atoms with Gasteiger partial charge < -0.3 is 16.0 Å². The summed E-state index contributed by atoms with van der Waals surface area (Å²) in [5, 5.41) is 2.86. The molecule has 2 aromatic rings. The molecule has 0 saturated heterocycles. The molecular formula is C17H19N5O2. The van der Waals surface area contributed by atoms with Crippen molar-refractivity contribution in [1.29, 1.82) is 0 Å². The number of aryl methyl sites for hydroxylation is 1. The van der Waals surface area contributed by atoms with Gasteiger partial charge in [-0.1, -0.05) is 6.07 Å². The topological polar surface area (TPSA) is 101 Å². The van der Waals surface area contributed by atoms with Crippen molar-refractivity contribution in [2.24, 2.45) is 5.73 Å². The van der Waals surface area contributed by atoms with E-state index in [4.69, 9.17) is 5.73 Å². The molecule has 1 aliphatic heterocycles. The molecule has 3 rings (SSSR count).